The number of benzene rings is 1. The Morgan fingerprint density at radius 2 is 2.14 bits per heavy atom. The highest BCUT2D eigenvalue weighted by Crippen LogP contribution is 2.52. The van der Waals surface area contributed by atoms with Crippen LogP contribution in [-0.4, -0.2) is 13.0 Å². The lowest BCUT2D eigenvalue weighted by atomic mass is 9.97. The quantitative estimate of drug-likeness (QED) is 0.722. The van der Waals surface area contributed by atoms with Crippen molar-refractivity contribution in [1.29, 1.82) is 0 Å². The molecular formula is C11H12Cl2O. The van der Waals surface area contributed by atoms with Gasteiger partial charge >= 0.3 is 0 Å². The molecule has 0 N–H and O–H groups in total. The number of alkyl halides is 1. The molecule has 0 unspecified atom stereocenters. The summed E-state index contributed by atoms with van der Waals surface area (Å²) in [6, 6.07) is 5.72. The predicted molar refractivity (Wildman–Crippen MR) is 59.6 cm³/mol. The molecule has 1 aromatic rings. The van der Waals surface area contributed by atoms with E-state index in [2.05, 4.69) is 0 Å². The van der Waals surface area contributed by atoms with E-state index in [1.54, 1.807) is 7.11 Å². The first kappa shape index (κ1) is 10.1. The van der Waals surface area contributed by atoms with Crippen LogP contribution in [0, 0.1) is 0 Å². The van der Waals surface area contributed by atoms with Crippen LogP contribution < -0.4 is 4.74 Å². The second-order valence-electron chi connectivity index (χ2n) is 3.76. The zero-order chi connectivity index (χ0) is 10.2. The van der Waals surface area contributed by atoms with Gasteiger partial charge < -0.3 is 4.74 Å². The monoisotopic (exact) mass is 230 g/mol. The van der Waals surface area contributed by atoms with Gasteiger partial charge in [0.25, 0.3) is 0 Å². The maximum absolute atomic E-state index is 5.97. The lowest BCUT2D eigenvalue weighted by Gasteiger charge is -2.16. The van der Waals surface area contributed by atoms with Crippen LogP contribution in [0.5, 0.6) is 5.75 Å². The van der Waals surface area contributed by atoms with Crippen LogP contribution in [0.2, 0.25) is 5.02 Å². The van der Waals surface area contributed by atoms with Crippen molar-refractivity contribution in [1.82, 2.24) is 0 Å². The Hall–Kier alpha value is -0.400. The highest BCUT2D eigenvalue weighted by molar-refractivity contribution is 6.30. The van der Waals surface area contributed by atoms with Crippen molar-refractivity contribution >= 4 is 23.2 Å². The van der Waals surface area contributed by atoms with Gasteiger partial charge in [-0.3, -0.25) is 0 Å². The van der Waals surface area contributed by atoms with Crippen LogP contribution in [0.4, 0.5) is 0 Å². The molecule has 1 nitrogen and oxygen atoms in total. The predicted octanol–water partition coefficient (Wildman–Crippen LogP) is 3.62. The summed E-state index contributed by atoms with van der Waals surface area (Å²) in [4.78, 5) is 0. The second-order valence-corrected chi connectivity index (χ2v) is 4.46. The van der Waals surface area contributed by atoms with Gasteiger partial charge in [0.15, 0.2) is 0 Å². The maximum atomic E-state index is 5.97. The normalized spacial score (nSPS) is 17.9. The second kappa shape index (κ2) is 3.63. The standard InChI is InChI=1S/C11H12Cl2O/c1-14-10-3-2-8(13)6-9(10)11(7-12)4-5-11/h2-3,6H,4-5,7H2,1H3. The third kappa shape index (κ3) is 1.59. The van der Waals surface area contributed by atoms with Crippen molar-refractivity contribution in [3.05, 3.63) is 28.8 Å². The largest absolute Gasteiger partial charge is 0.496 e. The van der Waals surface area contributed by atoms with Crippen LogP contribution in [-0.2, 0) is 5.41 Å². The number of hydrogen-bond acceptors (Lipinski definition) is 1. The molecule has 0 aromatic heterocycles. The lowest BCUT2D eigenvalue weighted by molar-refractivity contribution is 0.405. The molecule has 0 saturated heterocycles. The van der Waals surface area contributed by atoms with Crippen molar-refractivity contribution in [3.63, 3.8) is 0 Å². The molecule has 0 radical (unpaired) electrons. The highest BCUT2D eigenvalue weighted by atomic mass is 35.5. The number of ether oxygens (including phenoxy) is 1. The Balaban J connectivity index is 2.44. The molecule has 1 saturated carbocycles. The molecule has 0 bridgehead atoms. The minimum atomic E-state index is 0.123. The van der Waals surface area contributed by atoms with E-state index in [9.17, 15) is 0 Å². The zero-order valence-electron chi connectivity index (χ0n) is 8.02. The van der Waals surface area contributed by atoms with Gasteiger partial charge in [-0.05, 0) is 31.0 Å². The van der Waals surface area contributed by atoms with E-state index in [4.69, 9.17) is 27.9 Å². The fourth-order valence-electron chi connectivity index (χ4n) is 1.72. The summed E-state index contributed by atoms with van der Waals surface area (Å²) in [5, 5.41) is 0.747. The average Bonchev–Trinajstić information content (AvgIpc) is 2.98. The summed E-state index contributed by atoms with van der Waals surface area (Å²) >= 11 is 11.9. The summed E-state index contributed by atoms with van der Waals surface area (Å²) in [6.07, 6.45) is 2.26. The van der Waals surface area contributed by atoms with Crippen molar-refractivity contribution < 1.29 is 4.74 Å². The molecule has 1 aliphatic rings. The van der Waals surface area contributed by atoms with Gasteiger partial charge in [0.05, 0.1) is 7.11 Å². The maximum Gasteiger partial charge on any atom is 0.122 e. The molecule has 1 aliphatic carbocycles. The van der Waals surface area contributed by atoms with E-state index in [1.165, 1.54) is 0 Å². The Morgan fingerprint density at radius 1 is 1.43 bits per heavy atom. The first-order valence-corrected chi connectivity index (χ1v) is 5.53. The Morgan fingerprint density at radius 3 is 2.64 bits per heavy atom. The summed E-state index contributed by atoms with van der Waals surface area (Å²) in [7, 11) is 1.68. The van der Waals surface area contributed by atoms with Gasteiger partial charge in [-0.2, -0.15) is 0 Å². The number of methoxy groups -OCH3 is 1. The van der Waals surface area contributed by atoms with Crippen LogP contribution >= 0.6 is 23.2 Å². The van der Waals surface area contributed by atoms with E-state index in [0.717, 1.165) is 29.2 Å². The van der Waals surface area contributed by atoms with E-state index in [1.807, 2.05) is 18.2 Å². The third-order valence-electron chi connectivity index (χ3n) is 2.84. The number of halogens is 2. The highest BCUT2D eigenvalue weighted by Gasteiger charge is 2.45. The molecule has 0 atom stereocenters. The number of rotatable bonds is 3. The van der Waals surface area contributed by atoms with Crippen molar-refractivity contribution in [2.75, 3.05) is 13.0 Å². The van der Waals surface area contributed by atoms with E-state index in [0.29, 0.717) is 5.88 Å². The first-order chi connectivity index (χ1) is 6.72. The molecule has 2 rings (SSSR count). The molecule has 1 aromatic carbocycles. The third-order valence-corrected chi connectivity index (χ3v) is 3.59. The smallest absolute Gasteiger partial charge is 0.122 e. The molecular weight excluding hydrogens is 219 g/mol. The molecule has 0 heterocycles. The molecule has 14 heavy (non-hydrogen) atoms. The lowest BCUT2D eigenvalue weighted by Crippen LogP contribution is -2.09. The first-order valence-electron chi connectivity index (χ1n) is 4.62. The van der Waals surface area contributed by atoms with E-state index in [-0.39, 0.29) is 5.41 Å². The van der Waals surface area contributed by atoms with Crippen LogP contribution in [0.15, 0.2) is 18.2 Å². The molecule has 1 fully saturated rings. The van der Waals surface area contributed by atoms with Gasteiger partial charge in [0, 0.05) is 21.9 Å². The summed E-state index contributed by atoms with van der Waals surface area (Å²) < 4.78 is 5.31. The fourth-order valence-corrected chi connectivity index (χ4v) is 2.30. The van der Waals surface area contributed by atoms with Gasteiger partial charge in [-0.25, -0.2) is 0 Å². The molecule has 3 heteroatoms. The zero-order valence-corrected chi connectivity index (χ0v) is 9.53. The summed E-state index contributed by atoms with van der Waals surface area (Å²) in [6.45, 7) is 0. The SMILES string of the molecule is COc1ccc(Cl)cc1C1(CCl)CC1. The van der Waals surface area contributed by atoms with Gasteiger partial charge in [0.1, 0.15) is 5.75 Å². The molecule has 0 amide bonds. The van der Waals surface area contributed by atoms with E-state index < -0.39 is 0 Å². The Labute approximate surface area is 94.0 Å². The van der Waals surface area contributed by atoms with Gasteiger partial charge in [-0.15, -0.1) is 11.6 Å². The molecule has 0 aliphatic heterocycles. The van der Waals surface area contributed by atoms with Crippen molar-refractivity contribution in [2.45, 2.75) is 18.3 Å². The van der Waals surface area contributed by atoms with Crippen LogP contribution in [0.3, 0.4) is 0 Å². The Kier molecular flexibility index (Phi) is 2.63. The minimum absolute atomic E-state index is 0.123. The van der Waals surface area contributed by atoms with Crippen molar-refractivity contribution in [3.8, 4) is 5.75 Å². The van der Waals surface area contributed by atoms with Crippen molar-refractivity contribution in [2.24, 2.45) is 0 Å². The van der Waals surface area contributed by atoms with Crippen LogP contribution in [0.25, 0.3) is 0 Å². The molecule has 0 spiro atoms. The van der Waals surface area contributed by atoms with E-state index >= 15 is 0 Å². The summed E-state index contributed by atoms with van der Waals surface area (Å²) in [5.74, 6) is 1.54. The minimum Gasteiger partial charge on any atom is -0.496 e. The fraction of sp³-hybridized carbons (Fsp3) is 0.455. The van der Waals surface area contributed by atoms with Gasteiger partial charge in [-0.1, -0.05) is 11.6 Å². The van der Waals surface area contributed by atoms with Crippen LogP contribution in [0.1, 0.15) is 18.4 Å². The Bertz CT molecular complexity index is 345. The average molecular weight is 231 g/mol. The topological polar surface area (TPSA) is 9.23 Å². The number of hydrogen-bond donors (Lipinski definition) is 0. The van der Waals surface area contributed by atoms with Gasteiger partial charge in [0.2, 0.25) is 0 Å². The summed E-state index contributed by atoms with van der Waals surface area (Å²) in [5.41, 5.74) is 1.28. The molecule has 76 valence electrons.